The molecule has 100 valence electrons. The summed E-state index contributed by atoms with van der Waals surface area (Å²) >= 11 is 7.88. The molecular weight excluding hydrogens is 408 g/mol. The summed E-state index contributed by atoms with van der Waals surface area (Å²) < 4.78 is 38.6. The van der Waals surface area contributed by atoms with Gasteiger partial charge in [-0.2, -0.15) is 13.2 Å². The number of alkyl halides is 3. The molecule has 0 bridgehead atoms. The fourth-order valence-electron chi connectivity index (χ4n) is 1.60. The molecule has 0 aliphatic carbocycles. The van der Waals surface area contributed by atoms with Gasteiger partial charge >= 0.3 is 5.51 Å². The van der Waals surface area contributed by atoms with Crippen molar-refractivity contribution in [3.05, 3.63) is 51.1 Å². The van der Waals surface area contributed by atoms with Gasteiger partial charge in [0.25, 0.3) is 0 Å². The Morgan fingerprint density at radius 1 is 1.05 bits per heavy atom. The van der Waals surface area contributed by atoms with Crippen LogP contribution in [0.4, 0.5) is 13.2 Å². The summed E-state index contributed by atoms with van der Waals surface area (Å²) in [5, 5.41) is 0.417. The maximum Gasteiger partial charge on any atom is 0.446 e. The van der Waals surface area contributed by atoms with Gasteiger partial charge in [-0.3, -0.25) is 0 Å². The molecule has 0 saturated heterocycles. The maximum atomic E-state index is 12.5. The van der Waals surface area contributed by atoms with Crippen LogP contribution in [0.3, 0.4) is 0 Å². The molecule has 0 aliphatic heterocycles. The summed E-state index contributed by atoms with van der Waals surface area (Å²) in [4.78, 5) is 0.152. The van der Waals surface area contributed by atoms with E-state index in [2.05, 4.69) is 22.6 Å². The van der Waals surface area contributed by atoms with Crippen LogP contribution in [0, 0.1) is 3.57 Å². The van der Waals surface area contributed by atoms with Crippen LogP contribution in [0.15, 0.2) is 47.4 Å². The minimum absolute atomic E-state index is 0.124. The highest BCUT2D eigenvalue weighted by atomic mass is 127. The Bertz CT molecular complexity index is 599. The Hall–Kier alpha value is -0.400. The van der Waals surface area contributed by atoms with Crippen molar-refractivity contribution in [3.8, 4) is 11.1 Å². The van der Waals surface area contributed by atoms with Crippen molar-refractivity contribution in [2.24, 2.45) is 0 Å². The summed E-state index contributed by atoms with van der Waals surface area (Å²) in [6.45, 7) is 0. The Balaban J connectivity index is 2.51. The molecule has 2 aromatic carbocycles. The molecule has 2 rings (SSSR count). The van der Waals surface area contributed by atoms with Crippen molar-refractivity contribution in [3.63, 3.8) is 0 Å². The second-order valence-electron chi connectivity index (χ2n) is 3.70. The van der Waals surface area contributed by atoms with Crippen molar-refractivity contribution in [2.45, 2.75) is 10.4 Å². The molecule has 0 saturated carbocycles. The van der Waals surface area contributed by atoms with E-state index < -0.39 is 5.51 Å². The van der Waals surface area contributed by atoms with E-state index >= 15 is 0 Å². The molecule has 0 nitrogen and oxygen atoms in total. The number of benzene rings is 2. The Morgan fingerprint density at radius 2 is 1.79 bits per heavy atom. The molecule has 0 amide bonds. The van der Waals surface area contributed by atoms with Crippen LogP contribution >= 0.6 is 46.0 Å². The van der Waals surface area contributed by atoms with Gasteiger partial charge in [0.2, 0.25) is 0 Å². The van der Waals surface area contributed by atoms with Gasteiger partial charge in [0.1, 0.15) is 0 Å². The highest BCUT2D eigenvalue weighted by Gasteiger charge is 2.30. The molecule has 0 unspecified atom stereocenters. The van der Waals surface area contributed by atoms with E-state index in [1.54, 1.807) is 18.2 Å². The molecule has 0 spiro atoms. The van der Waals surface area contributed by atoms with Crippen molar-refractivity contribution in [1.82, 2.24) is 0 Å². The van der Waals surface area contributed by atoms with E-state index in [0.29, 0.717) is 10.6 Å². The van der Waals surface area contributed by atoms with Crippen LogP contribution < -0.4 is 0 Å². The second-order valence-corrected chi connectivity index (χ2v) is 6.49. The Labute approximate surface area is 131 Å². The molecule has 0 aromatic heterocycles. The average Bonchev–Trinajstić information content (AvgIpc) is 2.30. The summed E-state index contributed by atoms with van der Waals surface area (Å²) in [5.74, 6) is 0. The van der Waals surface area contributed by atoms with Crippen LogP contribution in [0.1, 0.15) is 0 Å². The SMILES string of the molecule is FC(F)(F)Sc1ccc(Cl)cc1-c1cccc(I)c1. The van der Waals surface area contributed by atoms with Crippen molar-refractivity contribution >= 4 is 46.0 Å². The number of halogens is 5. The Morgan fingerprint density at radius 3 is 2.42 bits per heavy atom. The molecule has 6 heteroatoms. The van der Waals surface area contributed by atoms with Crippen LogP contribution in [0.5, 0.6) is 0 Å². The van der Waals surface area contributed by atoms with E-state index in [1.165, 1.54) is 12.1 Å². The summed E-state index contributed by atoms with van der Waals surface area (Å²) in [6.07, 6.45) is 0. The van der Waals surface area contributed by atoms with Gasteiger partial charge < -0.3 is 0 Å². The normalized spacial score (nSPS) is 11.6. The van der Waals surface area contributed by atoms with Gasteiger partial charge in [-0.1, -0.05) is 23.7 Å². The molecule has 19 heavy (non-hydrogen) atoms. The molecule has 0 heterocycles. The van der Waals surface area contributed by atoms with Gasteiger partial charge in [-0.15, -0.1) is 0 Å². The molecule has 0 N–H and O–H groups in total. The smallest absolute Gasteiger partial charge is 0.160 e. The summed E-state index contributed by atoms with van der Waals surface area (Å²) in [7, 11) is 0. The largest absolute Gasteiger partial charge is 0.446 e. The molecule has 0 aliphatic rings. The van der Waals surface area contributed by atoms with E-state index in [4.69, 9.17) is 11.6 Å². The fourth-order valence-corrected chi connectivity index (χ4v) is 2.98. The Kier molecular flexibility index (Phi) is 4.68. The maximum absolute atomic E-state index is 12.5. The molecule has 0 fully saturated rings. The van der Waals surface area contributed by atoms with Gasteiger partial charge in [0.15, 0.2) is 0 Å². The topological polar surface area (TPSA) is 0 Å². The van der Waals surface area contributed by atoms with Gasteiger partial charge in [-0.25, -0.2) is 0 Å². The van der Waals surface area contributed by atoms with E-state index in [1.807, 2.05) is 12.1 Å². The lowest BCUT2D eigenvalue weighted by molar-refractivity contribution is -0.0327. The number of hydrogen-bond acceptors (Lipinski definition) is 1. The predicted molar refractivity (Wildman–Crippen MR) is 81.5 cm³/mol. The van der Waals surface area contributed by atoms with Crippen LogP contribution in [-0.4, -0.2) is 5.51 Å². The van der Waals surface area contributed by atoms with Gasteiger partial charge in [0.05, 0.1) is 0 Å². The fraction of sp³-hybridized carbons (Fsp3) is 0.0769. The quantitative estimate of drug-likeness (QED) is 0.415. The average molecular weight is 415 g/mol. The molecule has 0 radical (unpaired) electrons. The first-order valence-electron chi connectivity index (χ1n) is 5.16. The first-order valence-corrected chi connectivity index (χ1v) is 7.44. The van der Waals surface area contributed by atoms with E-state index in [-0.39, 0.29) is 16.7 Å². The number of hydrogen-bond donors (Lipinski definition) is 0. The lowest BCUT2D eigenvalue weighted by Crippen LogP contribution is -2.00. The minimum atomic E-state index is -4.31. The highest BCUT2D eigenvalue weighted by Crippen LogP contribution is 2.42. The van der Waals surface area contributed by atoms with Crippen molar-refractivity contribution in [2.75, 3.05) is 0 Å². The second kappa shape index (κ2) is 5.93. The first kappa shape index (κ1) is 15.0. The van der Waals surface area contributed by atoms with Crippen LogP contribution in [0.2, 0.25) is 5.02 Å². The van der Waals surface area contributed by atoms with Gasteiger partial charge in [0, 0.05) is 13.5 Å². The van der Waals surface area contributed by atoms with E-state index in [9.17, 15) is 13.2 Å². The third-order valence-electron chi connectivity index (χ3n) is 2.30. The van der Waals surface area contributed by atoms with Crippen LogP contribution in [-0.2, 0) is 0 Å². The lowest BCUT2D eigenvalue weighted by atomic mass is 10.1. The van der Waals surface area contributed by atoms with E-state index in [0.717, 1.165) is 9.13 Å². The molecule has 2 aromatic rings. The minimum Gasteiger partial charge on any atom is -0.160 e. The predicted octanol–water partition coefficient (Wildman–Crippen LogP) is 6.22. The molecular formula is C13H7ClF3IS. The van der Waals surface area contributed by atoms with Crippen molar-refractivity contribution in [1.29, 1.82) is 0 Å². The monoisotopic (exact) mass is 414 g/mol. The summed E-state index contributed by atoms with van der Waals surface area (Å²) in [5.41, 5.74) is -3.10. The molecule has 0 atom stereocenters. The van der Waals surface area contributed by atoms with Gasteiger partial charge in [-0.05, 0) is 75.8 Å². The number of thioether (sulfide) groups is 1. The lowest BCUT2D eigenvalue weighted by Gasteiger charge is -2.12. The number of rotatable bonds is 2. The highest BCUT2D eigenvalue weighted by molar-refractivity contribution is 14.1. The van der Waals surface area contributed by atoms with Crippen LogP contribution in [0.25, 0.3) is 11.1 Å². The summed E-state index contributed by atoms with van der Waals surface area (Å²) in [6, 6.07) is 11.7. The zero-order chi connectivity index (χ0) is 14.0. The third kappa shape index (κ3) is 4.29. The first-order chi connectivity index (χ1) is 8.85. The third-order valence-corrected chi connectivity index (χ3v) is 4.02. The zero-order valence-electron chi connectivity index (χ0n) is 9.34. The standard InChI is InChI=1S/C13H7ClF3IS/c14-9-4-5-12(19-13(15,16)17)11(7-9)8-2-1-3-10(18)6-8/h1-7H. The van der Waals surface area contributed by atoms with Crippen molar-refractivity contribution < 1.29 is 13.2 Å². The zero-order valence-corrected chi connectivity index (χ0v) is 13.1.